The molecule has 5 saturated carbocycles. The van der Waals surface area contributed by atoms with Gasteiger partial charge in [-0.3, -0.25) is 0 Å². The van der Waals surface area contributed by atoms with Crippen molar-refractivity contribution in [3.8, 4) is 0 Å². The van der Waals surface area contributed by atoms with Crippen molar-refractivity contribution in [3.63, 3.8) is 0 Å². The third kappa shape index (κ3) is 6.64. The van der Waals surface area contributed by atoms with Crippen LogP contribution < -0.4 is 0 Å². The van der Waals surface area contributed by atoms with Gasteiger partial charge >= 0.3 is 12.4 Å². The first-order valence-electron chi connectivity index (χ1n) is 20.7. The number of aliphatic hydroxyl groups is 4. The summed E-state index contributed by atoms with van der Waals surface area (Å²) < 4.78 is 117. The van der Waals surface area contributed by atoms with Crippen molar-refractivity contribution in [2.24, 2.45) is 60.9 Å². The molecule has 0 spiro atoms. The van der Waals surface area contributed by atoms with E-state index in [1.807, 2.05) is 6.92 Å². The lowest BCUT2D eigenvalue weighted by Crippen LogP contribution is -2.62. The fourth-order valence-corrected chi connectivity index (χ4v) is 12.0. The van der Waals surface area contributed by atoms with Crippen LogP contribution in [-0.4, -0.2) is 129 Å². The Kier molecular flexibility index (Phi) is 9.91. The van der Waals surface area contributed by atoms with Gasteiger partial charge in [-0.2, -0.15) is 26.3 Å². The van der Waals surface area contributed by atoms with Crippen LogP contribution in [0.1, 0.15) is 90.9 Å². The highest BCUT2D eigenvalue weighted by Crippen LogP contribution is 2.65. The molecular formula is C39H52F6N4O8. The molecule has 5 fully saturated rings. The summed E-state index contributed by atoms with van der Waals surface area (Å²) in [5, 5.41) is 43.8. The van der Waals surface area contributed by atoms with Crippen LogP contribution in [0.15, 0.2) is 20.0 Å². The number of fused-ring (bicyclic) bond motifs is 4. The van der Waals surface area contributed by atoms with Gasteiger partial charge in [0, 0.05) is 13.3 Å². The molecule has 9 rings (SSSR count). The van der Waals surface area contributed by atoms with Crippen LogP contribution in [0, 0.1) is 40.9 Å². The molecule has 0 amide bonds. The van der Waals surface area contributed by atoms with Crippen molar-refractivity contribution in [1.29, 1.82) is 0 Å². The van der Waals surface area contributed by atoms with Gasteiger partial charge in [0.05, 0.1) is 66.3 Å². The summed E-state index contributed by atoms with van der Waals surface area (Å²) >= 11 is 0. The molecule has 5 aliphatic carbocycles. The van der Waals surface area contributed by atoms with Crippen LogP contribution in [-0.2, 0) is 18.9 Å². The fourth-order valence-electron chi connectivity index (χ4n) is 12.0. The summed E-state index contributed by atoms with van der Waals surface area (Å²) in [4.78, 5) is 18.4. The molecule has 4 heterocycles. The molecule has 57 heavy (non-hydrogen) atoms. The van der Waals surface area contributed by atoms with Gasteiger partial charge in [0.25, 0.3) is 0 Å². The standard InChI is InChI=1S/C39H52F6N4O8/c1-15-7-27(51)19(10-26(15)50)34-47-22-8-17(3-5-30(22)55-34)37(38(40,41)42,39(43,44)45)18-4-6-31-23(9-18)48-35(56-31)20-11-29(53)21(12-28(20)52)36-49-25-13-24-32(14-33(25)57-36)54-16(2)46-24/h15,17-33,50-53H,3-14H2,1-2H3. The smallest absolute Gasteiger partial charge is 0.403 e. The van der Waals surface area contributed by atoms with Gasteiger partial charge in [0.15, 0.2) is 29.0 Å². The number of hydrogen-bond donors (Lipinski definition) is 4. The number of nitrogens with zero attached hydrogens (tertiary/aromatic N) is 4. The van der Waals surface area contributed by atoms with E-state index in [4.69, 9.17) is 23.9 Å². The van der Waals surface area contributed by atoms with Crippen LogP contribution in [0.25, 0.3) is 0 Å². The highest BCUT2D eigenvalue weighted by Gasteiger charge is 2.77. The van der Waals surface area contributed by atoms with Gasteiger partial charge in [0.2, 0.25) is 0 Å². The number of halogens is 6. The lowest BCUT2D eigenvalue weighted by molar-refractivity contribution is -0.383. The van der Waals surface area contributed by atoms with Crippen LogP contribution >= 0.6 is 0 Å². The molecule has 0 aromatic rings. The average Bonchev–Trinajstić information content (AvgIpc) is 3.92. The summed E-state index contributed by atoms with van der Waals surface area (Å²) in [5.74, 6) is -4.80. The first-order valence-corrected chi connectivity index (χ1v) is 20.7. The first-order chi connectivity index (χ1) is 26.9. The quantitative estimate of drug-likeness (QED) is 0.290. The Bertz CT molecular complexity index is 1680. The second-order valence-electron chi connectivity index (χ2n) is 18.3. The van der Waals surface area contributed by atoms with Gasteiger partial charge in [-0.25, -0.2) is 20.0 Å². The Balaban J connectivity index is 0.900. The number of hydrogen-bond acceptors (Lipinski definition) is 12. The molecule has 18 atom stereocenters. The molecule has 9 aliphatic rings. The topological polar surface area (TPSA) is 167 Å². The summed E-state index contributed by atoms with van der Waals surface area (Å²) in [6.45, 7) is 3.60. The molecule has 0 radical (unpaired) electrons. The number of ether oxygens (including phenoxy) is 4. The zero-order valence-electron chi connectivity index (χ0n) is 31.9. The lowest BCUT2D eigenvalue weighted by atomic mass is 9.56. The van der Waals surface area contributed by atoms with Crippen LogP contribution in [0.2, 0.25) is 0 Å². The monoisotopic (exact) mass is 818 g/mol. The number of rotatable bonds is 5. The van der Waals surface area contributed by atoms with Crippen LogP contribution in [0.5, 0.6) is 0 Å². The van der Waals surface area contributed by atoms with Crippen molar-refractivity contribution >= 4 is 23.6 Å². The Morgan fingerprint density at radius 2 is 0.877 bits per heavy atom. The fraction of sp³-hybridized carbons (Fsp3) is 0.897. The second-order valence-corrected chi connectivity index (χ2v) is 18.3. The Labute approximate surface area is 326 Å². The minimum absolute atomic E-state index is 0.00319. The lowest BCUT2D eigenvalue weighted by Gasteiger charge is -2.52. The Hall–Kier alpha value is -2.70. The molecule has 12 nitrogen and oxygen atoms in total. The molecule has 0 saturated heterocycles. The average molecular weight is 819 g/mol. The molecule has 4 N–H and O–H groups in total. The van der Waals surface area contributed by atoms with E-state index in [0.717, 1.165) is 0 Å². The molecule has 18 unspecified atom stereocenters. The minimum Gasteiger partial charge on any atom is -0.476 e. The van der Waals surface area contributed by atoms with E-state index < -0.39 is 115 Å². The highest BCUT2D eigenvalue weighted by atomic mass is 19.4. The molecular weight excluding hydrogens is 766 g/mol. The van der Waals surface area contributed by atoms with Gasteiger partial charge in [-0.15, -0.1) is 0 Å². The van der Waals surface area contributed by atoms with E-state index in [2.05, 4.69) is 15.0 Å². The zero-order chi connectivity index (χ0) is 40.3. The van der Waals surface area contributed by atoms with Crippen molar-refractivity contribution in [2.75, 3.05) is 0 Å². The normalized spacial score (nSPS) is 47.1. The van der Waals surface area contributed by atoms with E-state index in [1.165, 1.54) is 0 Å². The third-order valence-corrected chi connectivity index (χ3v) is 15.0. The number of aliphatic imine (C=N–C) groups is 4. The zero-order valence-corrected chi connectivity index (χ0v) is 31.9. The molecule has 0 aromatic carbocycles. The van der Waals surface area contributed by atoms with Gasteiger partial charge in [0.1, 0.15) is 24.4 Å². The maximum Gasteiger partial charge on any atom is 0.403 e. The van der Waals surface area contributed by atoms with Gasteiger partial charge in [-0.1, -0.05) is 6.92 Å². The summed E-state index contributed by atoms with van der Waals surface area (Å²) in [6, 6.07) is -2.09. The van der Waals surface area contributed by atoms with Gasteiger partial charge in [-0.05, 0) is 88.4 Å². The molecule has 4 aliphatic heterocycles. The second kappa shape index (κ2) is 14.2. The summed E-state index contributed by atoms with van der Waals surface area (Å²) in [5.41, 5.74) is -4.04. The summed E-state index contributed by atoms with van der Waals surface area (Å²) in [6.07, 6.45) is -17.0. The van der Waals surface area contributed by atoms with Gasteiger partial charge < -0.3 is 39.4 Å². The van der Waals surface area contributed by atoms with Crippen molar-refractivity contribution in [1.82, 2.24) is 0 Å². The largest absolute Gasteiger partial charge is 0.476 e. The van der Waals surface area contributed by atoms with E-state index >= 15 is 26.3 Å². The van der Waals surface area contributed by atoms with E-state index in [-0.39, 0.29) is 87.0 Å². The van der Waals surface area contributed by atoms with E-state index in [9.17, 15) is 20.4 Å². The van der Waals surface area contributed by atoms with Crippen molar-refractivity contribution in [3.05, 3.63) is 0 Å². The maximum atomic E-state index is 15.4. The Morgan fingerprint density at radius 3 is 1.37 bits per heavy atom. The highest BCUT2D eigenvalue weighted by molar-refractivity contribution is 5.84. The predicted molar refractivity (Wildman–Crippen MR) is 191 cm³/mol. The van der Waals surface area contributed by atoms with E-state index in [1.54, 1.807) is 6.92 Å². The number of aliphatic hydroxyl groups excluding tert-OH is 4. The predicted octanol–water partition coefficient (Wildman–Crippen LogP) is 4.69. The first kappa shape index (κ1) is 39.7. The molecule has 18 heteroatoms. The SMILES string of the molecule is CC1=NC2CC3N=C(C4CC(O)C(C5=NC6CC(C(C7CCC8OC(C9CC(O)C(C)CC9O)=NC8C7)(C(F)(F)F)C(F)(F)F)CCC6O5)CC4O)OC3CC2O1. The number of alkyl halides is 6. The molecule has 318 valence electrons. The van der Waals surface area contributed by atoms with Crippen molar-refractivity contribution in [2.45, 2.75) is 176 Å². The van der Waals surface area contributed by atoms with E-state index in [0.29, 0.717) is 24.6 Å². The molecule has 0 aromatic heterocycles. The van der Waals surface area contributed by atoms with Crippen molar-refractivity contribution < 1.29 is 65.7 Å². The maximum absolute atomic E-state index is 15.4. The third-order valence-electron chi connectivity index (χ3n) is 15.0. The minimum atomic E-state index is -5.64. The summed E-state index contributed by atoms with van der Waals surface area (Å²) in [7, 11) is 0. The van der Waals surface area contributed by atoms with Crippen LogP contribution in [0.4, 0.5) is 26.3 Å². The Morgan fingerprint density at radius 1 is 0.474 bits per heavy atom. The van der Waals surface area contributed by atoms with Crippen LogP contribution in [0.3, 0.4) is 0 Å². The molecule has 0 bridgehead atoms.